The number of aryl methyl sites for hydroxylation is 1. The van der Waals surface area contributed by atoms with Crippen LogP contribution in [0, 0.1) is 6.92 Å². The minimum atomic E-state index is -0.746. The molecule has 2 aromatic rings. The molecule has 1 aliphatic heterocycles. The molecule has 5 nitrogen and oxygen atoms in total. The van der Waals surface area contributed by atoms with E-state index in [9.17, 15) is 9.90 Å². The summed E-state index contributed by atoms with van der Waals surface area (Å²) in [5.41, 5.74) is 2.21. The highest BCUT2D eigenvalue weighted by atomic mass is 32.1. The molecule has 1 aromatic carbocycles. The SMILES string of the molecule is COc1ccc(C(c2sccc2C)N2CCCCC2C(=O)O)cc1OC. The Morgan fingerprint density at radius 2 is 2.00 bits per heavy atom. The standard InChI is InChI=1S/C20H25NO4S/c1-13-9-11-26-19(13)18(21-10-5-4-6-15(21)20(22)23)14-7-8-16(24-2)17(12-14)25-3/h7-9,11-12,15,18H,4-6,10H2,1-3H3,(H,22,23). The summed E-state index contributed by atoms with van der Waals surface area (Å²) in [6.07, 6.45) is 2.65. The van der Waals surface area contributed by atoms with Crippen molar-refractivity contribution in [3.63, 3.8) is 0 Å². The summed E-state index contributed by atoms with van der Waals surface area (Å²) in [5, 5.41) is 11.8. The maximum Gasteiger partial charge on any atom is 0.320 e. The van der Waals surface area contributed by atoms with Gasteiger partial charge in [0.25, 0.3) is 0 Å². The van der Waals surface area contributed by atoms with Crippen LogP contribution in [0.1, 0.15) is 41.3 Å². The Morgan fingerprint density at radius 1 is 1.23 bits per heavy atom. The number of rotatable bonds is 6. The summed E-state index contributed by atoms with van der Waals surface area (Å²) in [6.45, 7) is 2.85. The average Bonchev–Trinajstić information content (AvgIpc) is 3.07. The third-order valence-electron chi connectivity index (χ3n) is 5.03. The predicted molar refractivity (Wildman–Crippen MR) is 102 cm³/mol. The number of carbonyl (C=O) groups is 1. The van der Waals surface area contributed by atoms with Crippen molar-refractivity contribution in [3.8, 4) is 11.5 Å². The number of ether oxygens (including phenoxy) is 2. The minimum Gasteiger partial charge on any atom is -0.493 e. The van der Waals surface area contributed by atoms with Gasteiger partial charge in [-0.3, -0.25) is 9.69 Å². The highest BCUT2D eigenvalue weighted by molar-refractivity contribution is 7.10. The number of nitrogens with zero attached hydrogens (tertiary/aromatic N) is 1. The summed E-state index contributed by atoms with van der Waals surface area (Å²) in [5.74, 6) is 0.587. The van der Waals surface area contributed by atoms with Crippen LogP contribution in [-0.4, -0.2) is 42.8 Å². The van der Waals surface area contributed by atoms with Crippen LogP contribution < -0.4 is 9.47 Å². The lowest BCUT2D eigenvalue weighted by Crippen LogP contribution is -2.46. The Morgan fingerprint density at radius 3 is 2.62 bits per heavy atom. The molecule has 0 radical (unpaired) electrons. The molecule has 6 heteroatoms. The highest BCUT2D eigenvalue weighted by Gasteiger charge is 2.36. The van der Waals surface area contributed by atoms with Crippen molar-refractivity contribution >= 4 is 17.3 Å². The topological polar surface area (TPSA) is 59.0 Å². The zero-order chi connectivity index (χ0) is 18.7. The molecule has 140 valence electrons. The van der Waals surface area contributed by atoms with Gasteiger partial charge in [-0.15, -0.1) is 11.3 Å². The number of methoxy groups -OCH3 is 2. The molecule has 26 heavy (non-hydrogen) atoms. The first kappa shape index (κ1) is 18.7. The third kappa shape index (κ3) is 3.57. The summed E-state index contributed by atoms with van der Waals surface area (Å²) in [4.78, 5) is 15.2. The fraction of sp³-hybridized carbons (Fsp3) is 0.450. The van der Waals surface area contributed by atoms with Crippen LogP contribution in [0.25, 0.3) is 0 Å². The molecular formula is C20H25NO4S. The van der Waals surface area contributed by atoms with Gasteiger partial charge in [0, 0.05) is 4.88 Å². The van der Waals surface area contributed by atoms with E-state index in [2.05, 4.69) is 23.3 Å². The molecule has 1 aromatic heterocycles. The van der Waals surface area contributed by atoms with Gasteiger partial charge in [-0.25, -0.2) is 0 Å². The number of likely N-dealkylation sites (tertiary alicyclic amines) is 1. The van der Waals surface area contributed by atoms with Gasteiger partial charge in [0.1, 0.15) is 6.04 Å². The molecule has 1 saturated heterocycles. The van der Waals surface area contributed by atoms with Gasteiger partial charge in [-0.05, 0) is 61.0 Å². The zero-order valence-electron chi connectivity index (χ0n) is 15.4. The van der Waals surface area contributed by atoms with Crippen molar-refractivity contribution in [1.82, 2.24) is 4.90 Å². The second-order valence-electron chi connectivity index (χ2n) is 6.57. The van der Waals surface area contributed by atoms with Crippen LogP contribution in [0.3, 0.4) is 0 Å². The first-order valence-corrected chi connectivity index (χ1v) is 9.69. The number of piperidine rings is 1. The summed E-state index contributed by atoms with van der Waals surface area (Å²) < 4.78 is 10.8. The van der Waals surface area contributed by atoms with Crippen molar-refractivity contribution in [2.24, 2.45) is 0 Å². The lowest BCUT2D eigenvalue weighted by atomic mass is 9.94. The van der Waals surface area contributed by atoms with E-state index in [1.165, 1.54) is 10.4 Å². The molecule has 3 rings (SSSR count). The number of benzene rings is 1. The Labute approximate surface area is 158 Å². The van der Waals surface area contributed by atoms with E-state index in [-0.39, 0.29) is 6.04 Å². The molecule has 2 unspecified atom stereocenters. The maximum absolute atomic E-state index is 11.9. The minimum absolute atomic E-state index is 0.101. The van der Waals surface area contributed by atoms with Crippen molar-refractivity contribution in [2.45, 2.75) is 38.3 Å². The van der Waals surface area contributed by atoms with E-state index in [0.29, 0.717) is 17.9 Å². The maximum atomic E-state index is 11.9. The van der Waals surface area contributed by atoms with E-state index in [4.69, 9.17) is 9.47 Å². The van der Waals surface area contributed by atoms with Gasteiger partial charge in [0.2, 0.25) is 0 Å². The molecule has 1 aliphatic rings. The Kier molecular flexibility index (Phi) is 5.84. The first-order valence-electron chi connectivity index (χ1n) is 8.81. The number of carboxylic acid groups (broad SMARTS) is 1. The van der Waals surface area contributed by atoms with E-state index in [0.717, 1.165) is 24.9 Å². The van der Waals surface area contributed by atoms with E-state index < -0.39 is 12.0 Å². The van der Waals surface area contributed by atoms with Crippen LogP contribution in [0.5, 0.6) is 11.5 Å². The largest absolute Gasteiger partial charge is 0.493 e. The fourth-order valence-corrected chi connectivity index (χ4v) is 4.78. The van der Waals surface area contributed by atoms with Crippen molar-refractivity contribution in [3.05, 3.63) is 45.6 Å². The van der Waals surface area contributed by atoms with Gasteiger partial charge in [-0.2, -0.15) is 0 Å². The number of carboxylic acids is 1. The average molecular weight is 375 g/mol. The lowest BCUT2D eigenvalue weighted by Gasteiger charge is -2.39. The Balaban J connectivity index is 2.10. The molecule has 2 atom stereocenters. The van der Waals surface area contributed by atoms with Crippen LogP contribution in [0.15, 0.2) is 29.6 Å². The molecule has 2 heterocycles. The predicted octanol–water partition coefficient (Wildman–Crippen LogP) is 4.10. The highest BCUT2D eigenvalue weighted by Crippen LogP contribution is 2.40. The summed E-state index contributed by atoms with van der Waals surface area (Å²) in [6, 6.07) is 7.39. The van der Waals surface area contributed by atoms with Crippen molar-refractivity contribution in [2.75, 3.05) is 20.8 Å². The smallest absolute Gasteiger partial charge is 0.320 e. The Hall–Kier alpha value is -2.05. The first-order chi connectivity index (χ1) is 12.6. The lowest BCUT2D eigenvalue weighted by molar-refractivity contribution is -0.145. The summed E-state index contributed by atoms with van der Waals surface area (Å²) >= 11 is 1.68. The van der Waals surface area contributed by atoms with Crippen LogP contribution in [0.2, 0.25) is 0 Å². The zero-order valence-corrected chi connectivity index (χ0v) is 16.2. The second-order valence-corrected chi connectivity index (χ2v) is 7.52. The van der Waals surface area contributed by atoms with Crippen molar-refractivity contribution < 1.29 is 19.4 Å². The van der Waals surface area contributed by atoms with E-state index in [1.807, 2.05) is 18.2 Å². The summed E-state index contributed by atoms with van der Waals surface area (Å²) in [7, 11) is 3.23. The molecule has 0 saturated carbocycles. The molecule has 1 N–H and O–H groups in total. The number of hydrogen-bond acceptors (Lipinski definition) is 5. The van der Waals surface area contributed by atoms with Gasteiger partial charge in [0.15, 0.2) is 11.5 Å². The number of thiophene rings is 1. The molecular weight excluding hydrogens is 350 g/mol. The van der Waals surface area contributed by atoms with Crippen LogP contribution >= 0.6 is 11.3 Å². The fourth-order valence-electron chi connectivity index (χ4n) is 3.71. The Bertz CT molecular complexity index is 773. The molecule has 0 amide bonds. The van der Waals surface area contributed by atoms with Gasteiger partial charge >= 0.3 is 5.97 Å². The molecule has 0 aliphatic carbocycles. The normalized spacial score (nSPS) is 19.1. The third-order valence-corrected chi connectivity index (χ3v) is 6.11. The van der Waals surface area contributed by atoms with Crippen LogP contribution in [0.4, 0.5) is 0 Å². The van der Waals surface area contributed by atoms with Gasteiger partial charge in [-0.1, -0.05) is 12.5 Å². The number of hydrogen-bond donors (Lipinski definition) is 1. The number of aliphatic carboxylic acids is 1. The second kappa shape index (κ2) is 8.10. The monoisotopic (exact) mass is 375 g/mol. The van der Waals surface area contributed by atoms with Gasteiger partial charge in [0.05, 0.1) is 20.3 Å². The van der Waals surface area contributed by atoms with E-state index in [1.54, 1.807) is 25.6 Å². The molecule has 1 fully saturated rings. The van der Waals surface area contributed by atoms with Crippen LogP contribution in [-0.2, 0) is 4.79 Å². The van der Waals surface area contributed by atoms with Crippen molar-refractivity contribution in [1.29, 1.82) is 0 Å². The quantitative estimate of drug-likeness (QED) is 0.824. The van der Waals surface area contributed by atoms with E-state index >= 15 is 0 Å². The molecule has 0 spiro atoms. The molecule has 0 bridgehead atoms. The van der Waals surface area contributed by atoms with Gasteiger partial charge < -0.3 is 14.6 Å².